The number of para-hydroxylation sites is 1. The van der Waals surface area contributed by atoms with Crippen LogP contribution in [0.15, 0.2) is 47.3 Å². The highest BCUT2D eigenvalue weighted by Gasteiger charge is 2.24. The number of nitrogens with one attached hydrogen (secondary N) is 1. The molecule has 1 N–H and O–H groups in total. The van der Waals surface area contributed by atoms with Gasteiger partial charge in [0.2, 0.25) is 0 Å². The van der Waals surface area contributed by atoms with Crippen LogP contribution < -0.4 is 10.3 Å². The Morgan fingerprint density at radius 1 is 1.17 bits per heavy atom. The molecule has 5 heteroatoms. The molecule has 0 saturated heterocycles. The zero-order valence-corrected chi connectivity index (χ0v) is 13.2. The maximum absolute atomic E-state index is 13.0. The van der Waals surface area contributed by atoms with Crippen molar-refractivity contribution in [2.24, 2.45) is 0 Å². The van der Waals surface area contributed by atoms with Crippen molar-refractivity contribution in [3.8, 4) is 17.3 Å². The summed E-state index contributed by atoms with van der Waals surface area (Å²) >= 11 is 0. The van der Waals surface area contributed by atoms with Gasteiger partial charge in [0.15, 0.2) is 5.82 Å². The molecular formula is C19H15N3O2. The third-order valence-electron chi connectivity index (χ3n) is 4.79. The molecule has 2 aromatic heterocycles. The fourth-order valence-electron chi connectivity index (χ4n) is 3.68. The Labute approximate surface area is 137 Å². The Morgan fingerprint density at radius 3 is 2.92 bits per heavy atom. The van der Waals surface area contributed by atoms with Gasteiger partial charge in [-0.25, -0.2) is 4.98 Å². The molecule has 0 spiro atoms. The van der Waals surface area contributed by atoms with Crippen LogP contribution in [-0.4, -0.2) is 21.6 Å². The normalized spacial score (nSPS) is 13.0. The second-order valence-electron chi connectivity index (χ2n) is 6.02. The van der Waals surface area contributed by atoms with Gasteiger partial charge in [-0.1, -0.05) is 24.3 Å². The molecule has 5 nitrogen and oxygen atoms in total. The molecule has 1 aliphatic rings. The van der Waals surface area contributed by atoms with E-state index < -0.39 is 0 Å². The number of aromatic amines is 1. The summed E-state index contributed by atoms with van der Waals surface area (Å²) in [6.45, 7) is 0.629. The van der Waals surface area contributed by atoms with Gasteiger partial charge < -0.3 is 9.72 Å². The van der Waals surface area contributed by atoms with Gasteiger partial charge in [0.1, 0.15) is 11.1 Å². The molecule has 0 fully saturated rings. The first kappa shape index (κ1) is 13.4. The number of aryl methyl sites for hydroxylation is 1. The lowest BCUT2D eigenvalue weighted by Crippen LogP contribution is -2.27. The predicted octanol–water partition coefficient (Wildman–Crippen LogP) is 3.11. The van der Waals surface area contributed by atoms with Gasteiger partial charge >= 0.3 is 0 Å². The van der Waals surface area contributed by atoms with Gasteiger partial charge in [0.25, 0.3) is 5.56 Å². The zero-order chi connectivity index (χ0) is 16.3. The number of methoxy groups -OCH3 is 1. The van der Waals surface area contributed by atoms with E-state index in [1.165, 1.54) is 10.9 Å². The first-order chi connectivity index (χ1) is 11.8. The number of ether oxygens (including phenoxy) is 1. The minimum absolute atomic E-state index is 0.0447. The Kier molecular flexibility index (Phi) is 2.62. The van der Waals surface area contributed by atoms with E-state index in [4.69, 9.17) is 9.72 Å². The Bertz CT molecular complexity index is 1170. The highest BCUT2D eigenvalue weighted by molar-refractivity contribution is 5.92. The van der Waals surface area contributed by atoms with Crippen LogP contribution >= 0.6 is 0 Å². The maximum Gasteiger partial charge on any atom is 0.265 e. The number of benzene rings is 2. The van der Waals surface area contributed by atoms with Crippen LogP contribution in [0.25, 0.3) is 33.3 Å². The summed E-state index contributed by atoms with van der Waals surface area (Å²) in [7, 11) is 1.58. The third kappa shape index (κ3) is 1.64. The van der Waals surface area contributed by atoms with Gasteiger partial charge in [0, 0.05) is 17.4 Å². The first-order valence-electron chi connectivity index (χ1n) is 7.95. The second kappa shape index (κ2) is 4.71. The van der Waals surface area contributed by atoms with E-state index in [0.29, 0.717) is 29.0 Å². The minimum Gasteiger partial charge on any atom is -0.496 e. The Balaban J connectivity index is 1.90. The molecule has 0 unspecified atom stereocenters. The average molecular weight is 317 g/mol. The molecule has 1 aliphatic heterocycles. The first-order valence-corrected chi connectivity index (χ1v) is 7.95. The molecule has 0 radical (unpaired) electrons. The highest BCUT2D eigenvalue weighted by Crippen LogP contribution is 2.34. The van der Waals surface area contributed by atoms with Gasteiger partial charge in [0.05, 0.1) is 18.3 Å². The number of hydrogen-bond donors (Lipinski definition) is 1. The highest BCUT2D eigenvalue weighted by atomic mass is 16.5. The summed E-state index contributed by atoms with van der Waals surface area (Å²) in [5.41, 5.74) is 3.88. The molecule has 2 aromatic carbocycles. The van der Waals surface area contributed by atoms with Gasteiger partial charge in [-0.2, -0.15) is 0 Å². The number of hydrogen-bond acceptors (Lipinski definition) is 3. The summed E-state index contributed by atoms with van der Waals surface area (Å²) in [6.07, 6.45) is 0.814. The van der Waals surface area contributed by atoms with E-state index in [9.17, 15) is 4.79 Å². The fraction of sp³-hybridized carbons (Fsp3) is 0.158. The zero-order valence-electron chi connectivity index (χ0n) is 13.2. The van der Waals surface area contributed by atoms with E-state index in [2.05, 4.69) is 17.1 Å². The summed E-state index contributed by atoms with van der Waals surface area (Å²) in [6, 6.07) is 13.7. The number of aromatic nitrogens is 3. The molecule has 0 saturated carbocycles. The molecule has 24 heavy (non-hydrogen) atoms. The van der Waals surface area contributed by atoms with Crippen LogP contribution in [0, 0.1) is 0 Å². The molecule has 5 rings (SSSR count). The maximum atomic E-state index is 13.0. The van der Waals surface area contributed by atoms with Crippen LogP contribution in [0.2, 0.25) is 0 Å². The van der Waals surface area contributed by atoms with E-state index in [1.807, 2.05) is 24.3 Å². The molecule has 3 heterocycles. The monoisotopic (exact) mass is 317 g/mol. The number of fused-ring (bicyclic) bond motifs is 6. The molecule has 4 aromatic rings. The largest absolute Gasteiger partial charge is 0.496 e. The van der Waals surface area contributed by atoms with Crippen molar-refractivity contribution in [1.29, 1.82) is 0 Å². The minimum atomic E-state index is -0.0447. The standard InChI is InChI=1S/C19H15N3O2/c1-24-15-8-4-7-14-16(15)19(23)22-10-9-12-11-5-2-3-6-13(11)20-17(12)18(22)21-14/h2-8,20H,9-10H2,1H3. The van der Waals surface area contributed by atoms with Gasteiger partial charge in [-0.15, -0.1) is 0 Å². The summed E-state index contributed by atoms with van der Waals surface area (Å²) < 4.78 is 7.11. The fourth-order valence-corrected chi connectivity index (χ4v) is 3.68. The van der Waals surface area contributed by atoms with E-state index in [1.54, 1.807) is 17.7 Å². The van der Waals surface area contributed by atoms with Crippen molar-refractivity contribution in [3.63, 3.8) is 0 Å². The average Bonchev–Trinajstić information content (AvgIpc) is 3.00. The number of H-pyrrole nitrogens is 1. The van der Waals surface area contributed by atoms with Crippen molar-refractivity contribution in [3.05, 3.63) is 58.4 Å². The molecule has 0 atom stereocenters. The molecule has 0 amide bonds. The lowest BCUT2D eigenvalue weighted by Gasteiger charge is -2.19. The van der Waals surface area contributed by atoms with Crippen molar-refractivity contribution in [2.75, 3.05) is 7.11 Å². The topological polar surface area (TPSA) is 59.9 Å². The van der Waals surface area contributed by atoms with Crippen LogP contribution in [0.4, 0.5) is 0 Å². The van der Waals surface area contributed by atoms with Crippen molar-refractivity contribution < 1.29 is 4.74 Å². The van der Waals surface area contributed by atoms with Crippen LogP contribution in [0.1, 0.15) is 5.56 Å². The van der Waals surface area contributed by atoms with Crippen LogP contribution in [0.5, 0.6) is 5.75 Å². The second-order valence-corrected chi connectivity index (χ2v) is 6.02. The summed E-state index contributed by atoms with van der Waals surface area (Å²) in [4.78, 5) is 21.2. The van der Waals surface area contributed by atoms with Gasteiger partial charge in [-0.3, -0.25) is 9.36 Å². The molecule has 118 valence electrons. The van der Waals surface area contributed by atoms with Crippen molar-refractivity contribution >= 4 is 21.8 Å². The Hall–Kier alpha value is -3.08. The van der Waals surface area contributed by atoms with Crippen LogP contribution in [-0.2, 0) is 13.0 Å². The van der Waals surface area contributed by atoms with E-state index in [0.717, 1.165) is 17.6 Å². The molecule has 0 bridgehead atoms. The van der Waals surface area contributed by atoms with Crippen LogP contribution in [0.3, 0.4) is 0 Å². The summed E-state index contributed by atoms with van der Waals surface area (Å²) in [5, 5.41) is 1.75. The predicted molar refractivity (Wildman–Crippen MR) is 93.6 cm³/mol. The van der Waals surface area contributed by atoms with E-state index >= 15 is 0 Å². The lowest BCUT2D eigenvalue weighted by atomic mass is 10.0. The lowest BCUT2D eigenvalue weighted by molar-refractivity contribution is 0.419. The quantitative estimate of drug-likeness (QED) is 0.587. The molecular weight excluding hydrogens is 302 g/mol. The Morgan fingerprint density at radius 2 is 2.04 bits per heavy atom. The van der Waals surface area contributed by atoms with Crippen molar-refractivity contribution in [1.82, 2.24) is 14.5 Å². The van der Waals surface area contributed by atoms with E-state index in [-0.39, 0.29) is 5.56 Å². The molecule has 0 aliphatic carbocycles. The smallest absolute Gasteiger partial charge is 0.265 e. The van der Waals surface area contributed by atoms with Gasteiger partial charge in [-0.05, 0) is 30.2 Å². The SMILES string of the molecule is COc1cccc2nc3n(c(=O)c12)CCc1c-3[nH]c2ccccc12. The number of rotatable bonds is 1. The summed E-state index contributed by atoms with van der Waals surface area (Å²) in [5.74, 6) is 1.28. The third-order valence-corrected chi connectivity index (χ3v) is 4.79. The van der Waals surface area contributed by atoms with Crippen molar-refractivity contribution in [2.45, 2.75) is 13.0 Å². The number of nitrogens with zero attached hydrogens (tertiary/aromatic N) is 2.